The fourth-order valence-corrected chi connectivity index (χ4v) is 3.82. The smallest absolute Gasteiger partial charge is 0.323 e. The van der Waals surface area contributed by atoms with E-state index >= 15 is 0 Å². The van der Waals surface area contributed by atoms with E-state index in [0.717, 1.165) is 50.9 Å². The lowest BCUT2D eigenvalue weighted by Gasteiger charge is -2.27. The average Bonchev–Trinajstić information content (AvgIpc) is 3.05. The molecule has 2 aliphatic heterocycles. The highest BCUT2D eigenvalue weighted by atomic mass is 16.5. The molecule has 154 valence electrons. The molecule has 0 radical (unpaired) electrons. The molecule has 2 N–H and O–H groups in total. The quantitative estimate of drug-likeness (QED) is 0.821. The molecule has 7 heteroatoms. The standard InChI is InChI=1S/C22H29N5O2/c28-22(25-19-7-10-21(23-17-19)27-13-15-29-16-14-27)24-18-5-8-20(9-6-18)26-11-3-1-2-4-12-26/h5-10,17H,1-4,11-16H2,(H2,24,25,28). The van der Waals surface area contributed by atoms with Crippen LogP contribution in [0.3, 0.4) is 0 Å². The van der Waals surface area contributed by atoms with Crippen LogP contribution in [0.5, 0.6) is 0 Å². The third-order valence-electron chi connectivity index (χ3n) is 5.44. The van der Waals surface area contributed by atoms with Crippen molar-refractivity contribution >= 4 is 28.9 Å². The molecule has 2 aromatic rings. The second-order valence-electron chi connectivity index (χ2n) is 7.53. The number of benzene rings is 1. The summed E-state index contributed by atoms with van der Waals surface area (Å²) in [4.78, 5) is 21.4. The maximum absolute atomic E-state index is 12.3. The Morgan fingerprint density at radius 1 is 0.793 bits per heavy atom. The molecule has 3 heterocycles. The number of nitrogens with one attached hydrogen (secondary N) is 2. The molecule has 2 aliphatic rings. The summed E-state index contributed by atoms with van der Waals surface area (Å²) in [5, 5.41) is 5.73. The number of anilines is 4. The van der Waals surface area contributed by atoms with Crippen LogP contribution in [0.25, 0.3) is 0 Å². The molecule has 2 saturated heterocycles. The normalized spacial score (nSPS) is 17.5. The van der Waals surface area contributed by atoms with Crippen LogP contribution >= 0.6 is 0 Å². The lowest BCUT2D eigenvalue weighted by atomic mass is 10.2. The predicted octanol–water partition coefficient (Wildman–Crippen LogP) is 3.94. The van der Waals surface area contributed by atoms with E-state index in [1.165, 1.54) is 31.4 Å². The Hall–Kier alpha value is -2.80. The van der Waals surface area contributed by atoms with E-state index in [-0.39, 0.29) is 6.03 Å². The van der Waals surface area contributed by atoms with Crippen molar-refractivity contribution in [3.8, 4) is 0 Å². The van der Waals surface area contributed by atoms with Gasteiger partial charge in [0.25, 0.3) is 0 Å². The molecule has 0 atom stereocenters. The Kier molecular flexibility index (Phi) is 6.46. The maximum Gasteiger partial charge on any atom is 0.323 e. The largest absolute Gasteiger partial charge is 0.378 e. The molecule has 29 heavy (non-hydrogen) atoms. The number of amides is 2. The van der Waals surface area contributed by atoms with Gasteiger partial charge in [0, 0.05) is 37.6 Å². The van der Waals surface area contributed by atoms with E-state index in [1.807, 2.05) is 24.3 Å². The molecule has 0 bridgehead atoms. The van der Waals surface area contributed by atoms with Gasteiger partial charge in [0.05, 0.1) is 25.1 Å². The van der Waals surface area contributed by atoms with E-state index in [2.05, 4.69) is 37.6 Å². The van der Waals surface area contributed by atoms with Gasteiger partial charge in [-0.3, -0.25) is 0 Å². The minimum absolute atomic E-state index is 0.270. The topological polar surface area (TPSA) is 69.7 Å². The highest BCUT2D eigenvalue weighted by molar-refractivity contribution is 5.99. The maximum atomic E-state index is 12.3. The van der Waals surface area contributed by atoms with Gasteiger partial charge in [0.1, 0.15) is 5.82 Å². The summed E-state index contributed by atoms with van der Waals surface area (Å²) in [5.74, 6) is 0.906. The molecular weight excluding hydrogens is 366 g/mol. The second-order valence-corrected chi connectivity index (χ2v) is 7.53. The van der Waals surface area contributed by atoms with Crippen LogP contribution in [0.1, 0.15) is 25.7 Å². The molecule has 0 saturated carbocycles. The van der Waals surface area contributed by atoms with Crippen molar-refractivity contribution < 1.29 is 9.53 Å². The zero-order valence-corrected chi connectivity index (χ0v) is 16.8. The van der Waals surface area contributed by atoms with Crippen LogP contribution in [-0.2, 0) is 4.74 Å². The Morgan fingerprint density at radius 2 is 1.45 bits per heavy atom. The summed E-state index contributed by atoms with van der Waals surface area (Å²) in [5.41, 5.74) is 2.67. The number of ether oxygens (including phenoxy) is 1. The van der Waals surface area contributed by atoms with Crippen molar-refractivity contribution in [2.75, 3.05) is 59.8 Å². The molecule has 0 aliphatic carbocycles. The molecule has 4 rings (SSSR count). The average molecular weight is 396 g/mol. The number of hydrogen-bond acceptors (Lipinski definition) is 5. The van der Waals surface area contributed by atoms with E-state index in [4.69, 9.17) is 4.74 Å². The summed E-state index contributed by atoms with van der Waals surface area (Å²) < 4.78 is 5.36. The number of carbonyl (C=O) groups is 1. The third kappa shape index (κ3) is 5.38. The van der Waals surface area contributed by atoms with Gasteiger partial charge in [-0.1, -0.05) is 12.8 Å². The Bertz CT molecular complexity index is 780. The SMILES string of the molecule is O=C(Nc1ccc(N2CCCCCC2)cc1)Nc1ccc(N2CCOCC2)nc1. The van der Waals surface area contributed by atoms with E-state index < -0.39 is 0 Å². The third-order valence-corrected chi connectivity index (χ3v) is 5.44. The molecule has 0 spiro atoms. The number of pyridine rings is 1. The van der Waals surface area contributed by atoms with Gasteiger partial charge in [-0.15, -0.1) is 0 Å². The van der Waals surface area contributed by atoms with Crippen molar-refractivity contribution in [1.29, 1.82) is 0 Å². The first-order chi connectivity index (χ1) is 14.3. The summed E-state index contributed by atoms with van der Waals surface area (Å²) in [6.07, 6.45) is 6.82. The van der Waals surface area contributed by atoms with Gasteiger partial charge in [-0.2, -0.15) is 0 Å². The van der Waals surface area contributed by atoms with Gasteiger partial charge in [0.2, 0.25) is 0 Å². The van der Waals surface area contributed by atoms with Crippen molar-refractivity contribution in [2.24, 2.45) is 0 Å². The van der Waals surface area contributed by atoms with Gasteiger partial charge in [0.15, 0.2) is 0 Å². The minimum atomic E-state index is -0.270. The number of carbonyl (C=O) groups excluding carboxylic acids is 1. The first-order valence-electron chi connectivity index (χ1n) is 10.5. The second kappa shape index (κ2) is 9.60. The monoisotopic (exact) mass is 395 g/mol. The van der Waals surface area contributed by atoms with Crippen molar-refractivity contribution in [1.82, 2.24) is 4.98 Å². The van der Waals surface area contributed by atoms with Gasteiger partial charge in [-0.05, 0) is 49.2 Å². The zero-order valence-electron chi connectivity index (χ0n) is 16.8. The van der Waals surface area contributed by atoms with Crippen LogP contribution in [-0.4, -0.2) is 50.4 Å². The molecule has 1 aromatic heterocycles. The van der Waals surface area contributed by atoms with Crippen LogP contribution in [0.15, 0.2) is 42.6 Å². The fraction of sp³-hybridized carbons (Fsp3) is 0.455. The van der Waals surface area contributed by atoms with Gasteiger partial charge in [-0.25, -0.2) is 9.78 Å². The Morgan fingerprint density at radius 3 is 2.10 bits per heavy atom. The molecule has 0 unspecified atom stereocenters. The van der Waals surface area contributed by atoms with E-state index in [1.54, 1.807) is 6.20 Å². The fourth-order valence-electron chi connectivity index (χ4n) is 3.82. The van der Waals surface area contributed by atoms with Crippen LogP contribution in [0, 0.1) is 0 Å². The summed E-state index contributed by atoms with van der Waals surface area (Å²) in [6, 6.07) is 11.6. The highest BCUT2D eigenvalue weighted by Gasteiger charge is 2.13. The molecule has 2 fully saturated rings. The first-order valence-corrected chi connectivity index (χ1v) is 10.5. The van der Waals surface area contributed by atoms with Crippen LogP contribution in [0.4, 0.5) is 27.7 Å². The number of aromatic nitrogens is 1. The number of morpholine rings is 1. The van der Waals surface area contributed by atoms with Crippen LogP contribution < -0.4 is 20.4 Å². The number of hydrogen-bond donors (Lipinski definition) is 2. The lowest BCUT2D eigenvalue weighted by molar-refractivity contribution is 0.122. The van der Waals surface area contributed by atoms with Crippen molar-refractivity contribution in [2.45, 2.75) is 25.7 Å². The van der Waals surface area contributed by atoms with Crippen molar-refractivity contribution in [3.63, 3.8) is 0 Å². The highest BCUT2D eigenvalue weighted by Crippen LogP contribution is 2.22. The summed E-state index contributed by atoms with van der Waals surface area (Å²) in [7, 11) is 0. The van der Waals surface area contributed by atoms with E-state index in [9.17, 15) is 4.79 Å². The molecule has 7 nitrogen and oxygen atoms in total. The van der Waals surface area contributed by atoms with Crippen LogP contribution in [0.2, 0.25) is 0 Å². The zero-order chi connectivity index (χ0) is 19.9. The first kappa shape index (κ1) is 19.5. The number of urea groups is 1. The summed E-state index contributed by atoms with van der Waals surface area (Å²) >= 11 is 0. The van der Waals surface area contributed by atoms with E-state index in [0.29, 0.717) is 5.69 Å². The number of nitrogens with zero attached hydrogens (tertiary/aromatic N) is 3. The minimum Gasteiger partial charge on any atom is -0.378 e. The van der Waals surface area contributed by atoms with Crippen molar-refractivity contribution in [3.05, 3.63) is 42.6 Å². The molecular formula is C22H29N5O2. The Labute approximate surface area is 172 Å². The summed E-state index contributed by atoms with van der Waals surface area (Å²) in [6.45, 7) is 5.35. The molecule has 2 amide bonds. The Balaban J connectivity index is 1.30. The predicted molar refractivity (Wildman–Crippen MR) is 117 cm³/mol. The van der Waals surface area contributed by atoms with Gasteiger partial charge >= 0.3 is 6.03 Å². The van der Waals surface area contributed by atoms with Gasteiger partial charge < -0.3 is 25.2 Å². The molecule has 1 aromatic carbocycles. The number of rotatable bonds is 4. The lowest BCUT2D eigenvalue weighted by Crippen LogP contribution is -2.36.